The fraction of sp³-hybridized carbons (Fsp3) is 0.529. The minimum absolute atomic E-state index is 0.211. The molecule has 0 aliphatic heterocycles. The van der Waals surface area contributed by atoms with E-state index >= 15 is 0 Å². The lowest BCUT2D eigenvalue weighted by Crippen LogP contribution is -2.32. The monoisotopic (exact) mass is 603 g/mol. The Bertz CT molecular complexity index is 1620. The van der Waals surface area contributed by atoms with Gasteiger partial charge in [0.05, 0.1) is 17.1 Å². The lowest BCUT2D eigenvalue weighted by atomic mass is 10.0. The molecule has 10 heteroatoms. The summed E-state index contributed by atoms with van der Waals surface area (Å²) in [4.78, 5) is 11.5. The summed E-state index contributed by atoms with van der Waals surface area (Å²) in [6.07, 6.45) is 4.87. The number of aromatic nitrogens is 5. The number of fused-ring (bicyclic) bond motifs is 1. The molecule has 232 valence electrons. The highest BCUT2D eigenvalue weighted by atomic mass is 19.4. The van der Waals surface area contributed by atoms with E-state index in [0.29, 0.717) is 35.5 Å². The number of hydrogen-bond donors (Lipinski definition) is 0. The first-order valence-corrected chi connectivity index (χ1v) is 16.1. The number of nitrogens with zero attached hydrogens (tertiary/aromatic N) is 7. The molecule has 4 aromatic rings. The van der Waals surface area contributed by atoms with E-state index in [1.807, 2.05) is 17.0 Å². The fourth-order valence-corrected chi connectivity index (χ4v) is 6.62. The van der Waals surface area contributed by atoms with Crippen molar-refractivity contribution >= 4 is 22.7 Å². The SMILES string of the molecule is Cc1cc(CN(Cc2cc3cccc(C)c3nc2N(CC2CC2)CC2CC2)c2nnn(C3CCCC3)n2)cc(C(F)(F)F)c1. The highest BCUT2D eigenvalue weighted by Crippen LogP contribution is 2.38. The van der Waals surface area contributed by atoms with Crippen LogP contribution in [0.5, 0.6) is 0 Å². The standard InChI is InChI=1S/C34H40F3N7/c1-22-14-26(16-29(15-22)34(35,36)37)20-43(33-39-41-44(40-33)30-8-3-4-9-30)21-28-17-27-7-5-6-23(2)31(27)38-32(28)42(18-24-10-11-24)19-25-12-13-25/h5-7,14-17,24-25,30H,3-4,8-13,18-21H2,1-2H3. The van der Waals surface area contributed by atoms with Crippen LogP contribution in [0.1, 0.15) is 85.2 Å². The van der Waals surface area contributed by atoms with Gasteiger partial charge in [0.2, 0.25) is 0 Å². The molecule has 44 heavy (non-hydrogen) atoms. The van der Waals surface area contributed by atoms with E-state index in [0.717, 1.165) is 66.6 Å². The van der Waals surface area contributed by atoms with Gasteiger partial charge in [0.1, 0.15) is 5.82 Å². The van der Waals surface area contributed by atoms with E-state index in [2.05, 4.69) is 40.3 Å². The molecule has 7 nitrogen and oxygen atoms in total. The van der Waals surface area contributed by atoms with Gasteiger partial charge in [-0.3, -0.25) is 0 Å². The maximum absolute atomic E-state index is 13.8. The number of para-hydroxylation sites is 1. The van der Waals surface area contributed by atoms with Gasteiger partial charge in [-0.25, -0.2) is 4.98 Å². The topological polar surface area (TPSA) is 63.0 Å². The predicted octanol–water partition coefficient (Wildman–Crippen LogP) is 7.81. The van der Waals surface area contributed by atoms with Gasteiger partial charge in [-0.15, -0.1) is 5.10 Å². The zero-order chi connectivity index (χ0) is 30.4. The second kappa shape index (κ2) is 11.7. The van der Waals surface area contributed by atoms with Crippen molar-refractivity contribution in [2.24, 2.45) is 11.8 Å². The number of rotatable bonds is 11. The molecule has 0 amide bonds. The van der Waals surface area contributed by atoms with E-state index < -0.39 is 11.7 Å². The summed E-state index contributed by atoms with van der Waals surface area (Å²) >= 11 is 0. The van der Waals surface area contributed by atoms with Crippen LogP contribution in [0.25, 0.3) is 10.9 Å². The second-order valence-corrected chi connectivity index (χ2v) is 13.3. The van der Waals surface area contributed by atoms with Crippen LogP contribution in [0, 0.1) is 25.7 Å². The third-order valence-electron chi connectivity index (χ3n) is 9.31. The van der Waals surface area contributed by atoms with Crippen molar-refractivity contribution in [3.8, 4) is 0 Å². The van der Waals surface area contributed by atoms with Gasteiger partial charge in [0.25, 0.3) is 5.95 Å². The van der Waals surface area contributed by atoms with Crippen molar-refractivity contribution in [2.45, 2.75) is 90.5 Å². The third-order valence-corrected chi connectivity index (χ3v) is 9.31. The first-order valence-electron chi connectivity index (χ1n) is 16.1. The number of aryl methyl sites for hydroxylation is 2. The first kappa shape index (κ1) is 29.0. The second-order valence-electron chi connectivity index (χ2n) is 13.3. The molecule has 0 unspecified atom stereocenters. The van der Waals surface area contributed by atoms with E-state index in [-0.39, 0.29) is 12.6 Å². The van der Waals surface area contributed by atoms with Crippen molar-refractivity contribution < 1.29 is 13.2 Å². The van der Waals surface area contributed by atoms with E-state index in [1.165, 1.54) is 37.8 Å². The van der Waals surface area contributed by atoms with Crippen LogP contribution < -0.4 is 9.80 Å². The molecular weight excluding hydrogens is 563 g/mol. The van der Waals surface area contributed by atoms with E-state index in [9.17, 15) is 13.2 Å². The van der Waals surface area contributed by atoms with Crippen LogP contribution in [0.4, 0.5) is 24.9 Å². The third kappa shape index (κ3) is 6.54. The van der Waals surface area contributed by atoms with Crippen LogP contribution in [0.2, 0.25) is 0 Å². The summed E-state index contributed by atoms with van der Waals surface area (Å²) in [5.41, 5.74) is 3.65. The van der Waals surface area contributed by atoms with Gasteiger partial charge in [-0.2, -0.15) is 18.0 Å². The van der Waals surface area contributed by atoms with Gasteiger partial charge in [0, 0.05) is 37.1 Å². The largest absolute Gasteiger partial charge is 0.416 e. The molecule has 3 aliphatic carbocycles. The van der Waals surface area contributed by atoms with Crippen molar-refractivity contribution in [1.82, 2.24) is 25.2 Å². The van der Waals surface area contributed by atoms with Crippen LogP contribution in [0.15, 0.2) is 42.5 Å². The molecule has 3 aliphatic rings. The number of hydrogen-bond acceptors (Lipinski definition) is 6. The van der Waals surface area contributed by atoms with Gasteiger partial charge in [0.15, 0.2) is 0 Å². The Labute approximate surface area is 256 Å². The number of halogens is 3. The average molecular weight is 604 g/mol. The quantitative estimate of drug-likeness (QED) is 0.174. The Morgan fingerprint density at radius 1 is 0.864 bits per heavy atom. The van der Waals surface area contributed by atoms with Gasteiger partial charge in [-0.1, -0.05) is 47.8 Å². The Kier molecular flexibility index (Phi) is 7.70. The molecule has 2 heterocycles. The van der Waals surface area contributed by atoms with Crippen LogP contribution in [0.3, 0.4) is 0 Å². The maximum Gasteiger partial charge on any atom is 0.416 e. The normalized spacial score (nSPS) is 17.5. The summed E-state index contributed by atoms with van der Waals surface area (Å²) < 4.78 is 41.4. The lowest BCUT2D eigenvalue weighted by Gasteiger charge is -2.29. The van der Waals surface area contributed by atoms with Gasteiger partial charge >= 0.3 is 6.18 Å². The molecule has 0 bridgehead atoms. The molecule has 3 fully saturated rings. The molecule has 2 aromatic carbocycles. The first-order chi connectivity index (χ1) is 21.2. The van der Waals surface area contributed by atoms with Gasteiger partial charge < -0.3 is 9.80 Å². The maximum atomic E-state index is 13.8. The number of pyridine rings is 1. The fourth-order valence-electron chi connectivity index (χ4n) is 6.62. The molecule has 0 spiro atoms. The molecule has 0 radical (unpaired) electrons. The number of tetrazole rings is 1. The zero-order valence-electron chi connectivity index (χ0n) is 25.5. The highest BCUT2D eigenvalue weighted by Gasteiger charge is 2.33. The Morgan fingerprint density at radius 3 is 2.27 bits per heavy atom. The predicted molar refractivity (Wildman–Crippen MR) is 166 cm³/mol. The summed E-state index contributed by atoms with van der Waals surface area (Å²) in [6.45, 7) is 6.40. The van der Waals surface area contributed by atoms with Gasteiger partial charge in [-0.05, 0) is 98.7 Å². The lowest BCUT2D eigenvalue weighted by molar-refractivity contribution is -0.137. The molecular formula is C34H40F3N7. The highest BCUT2D eigenvalue weighted by molar-refractivity contribution is 5.84. The smallest absolute Gasteiger partial charge is 0.356 e. The summed E-state index contributed by atoms with van der Waals surface area (Å²) in [7, 11) is 0. The van der Waals surface area contributed by atoms with Crippen molar-refractivity contribution in [3.05, 3.63) is 70.3 Å². The number of alkyl halides is 3. The van der Waals surface area contributed by atoms with Crippen LogP contribution in [-0.2, 0) is 19.3 Å². The Hall–Kier alpha value is -3.69. The molecule has 2 aromatic heterocycles. The Balaban J connectivity index is 1.30. The summed E-state index contributed by atoms with van der Waals surface area (Å²) in [5.74, 6) is 2.78. The molecule has 0 N–H and O–H groups in total. The van der Waals surface area contributed by atoms with E-state index in [4.69, 9.17) is 10.1 Å². The summed E-state index contributed by atoms with van der Waals surface area (Å²) in [6, 6.07) is 12.9. The number of benzene rings is 2. The molecule has 0 atom stereocenters. The van der Waals surface area contributed by atoms with Crippen molar-refractivity contribution in [3.63, 3.8) is 0 Å². The van der Waals surface area contributed by atoms with E-state index in [1.54, 1.807) is 11.7 Å². The minimum atomic E-state index is -4.42. The number of anilines is 2. The zero-order valence-corrected chi connectivity index (χ0v) is 25.5. The molecule has 7 rings (SSSR count). The molecule has 3 saturated carbocycles. The van der Waals surface area contributed by atoms with Crippen LogP contribution >= 0.6 is 0 Å². The van der Waals surface area contributed by atoms with Crippen molar-refractivity contribution in [1.29, 1.82) is 0 Å². The van der Waals surface area contributed by atoms with Crippen molar-refractivity contribution in [2.75, 3.05) is 22.9 Å². The summed E-state index contributed by atoms with van der Waals surface area (Å²) in [5, 5.41) is 14.8. The minimum Gasteiger partial charge on any atom is -0.356 e. The van der Waals surface area contributed by atoms with Crippen LogP contribution in [-0.4, -0.2) is 38.3 Å². The molecule has 0 saturated heterocycles. The Morgan fingerprint density at radius 2 is 1.59 bits per heavy atom. The average Bonchev–Trinajstić information content (AvgIpc) is 3.86.